The molecule has 0 saturated heterocycles. The Balaban J connectivity index is 1.68. The van der Waals surface area contributed by atoms with Crippen LogP contribution in [-0.4, -0.2) is 48.5 Å². The third kappa shape index (κ3) is 3.30. The van der Waals surface area contributed by atoms with Gasteiger partial charge in [0.2, 0.25) is 5.65 Å². The predicted octanol–water partition coefficient (Wildman–Crippen LogP) is 1.22. The van der Waals surface area contributed by atoms with E-state index in [0.29, 0.717) is 23.1 Å². The Hall–Kier alpha value is -3.73. The fourth-order valence-electron chi connectivity index (χ4n) is 2.73. The van der Waals surface area contributed by atoms with Crippen molar-refractivity contribution >= 4 is 34.0 Å². The zero-order valence-electron chi connectivity index (χ0n) is 14.8. The Morgan fingerprint density at radius 3 is 2.86 bits per heavy atom. The van der Waals surface area contributed by atoms with Crippen LogP contribution in [0.5, 0.6) is 0 Å². The maximum atomic E-state index is 14.0. The first-order valence-electron chi connectivity index (χ1n) is 8.44. The van der Waals surface area contributed by atoms with Crippen LogP contribution in [0.15, 0.2) is 36.8 Å². The lowest BCUT2D eigenvalue weighted by atomic mass is 10.1. The van der Waals surface area contributed by atoms with E-state index in [1.54, 1.807) is 18.3 Å². The second-order valence-corrected chi connectivity index (χ2v) is 6.25. The van der Waals surface area contributed by atoms with Gasteiger partial charge in [-0.1, -0.05) is 0 Å². The molecule has 0 fully saturated rings. The van der Waals surface area contributed by atoms with E-state index in [1.165, 1.54) is 12.4 Å². The predicted molar refractivity (Wildman–Crippen MR) is 100 cm³/mol. The molecule has 0 bridgehead atoms. The minimum absolute atomic E-state index is 0.0288. The lowest BCUT2D eigenvalue weighted by Gasteiger charge is -2.13. The van der Waals surface area contributed by atoms with Gasteiger partial charge in [-0.25, -0.2) is 4.39 Å². The number of carbonyl (C=O) groups excluding carboxylic acids is 1. The number of nitrogens with two attached hydrogens (primary N) is 1. The van der Waals surface area contributed by atoms with Crippen molar-refractivity contribution in [3.05, 3.63) is 48.2 Å². The number of halogens is 1. The molecule has 4 rings (SSSR count). The Kier molecular flexibility index (Phi) is 4.49. The van der Waals surface area contributed by atoms with Crippen molar-refractivity contribution in [2.45, 2.75) is 13.0 Å². The quantitative estimate of drug-likeness (QED) is 0.469. The van der Waals surface area contributed by atoms with Gasteiger partial charge in [0, 0.05) is 31.0 Å². The van der Waals surface area contributed by atoms with Crippen molar-refractivity contribution in [1.29, 1.82) is 0 Å². The molecule has 3 aromatic heterocycles. The molecule has 142 valence electrons. The zero-order valence-corrected chi connectivity index (χ0v) is 14.8. The van der Waals surface area contributed by atoms with Gasteiger partial charge < -0.3 is 16.4 Å². The molecule has 4 N–H and O–H groups in total. The van der Waals surface area contributed by atoms with Crippen LogP contribution in [0.4, 0.5) is 15.8 Å². The topological polar surface area (TPSA) is 136 Å². The van der Waals surface area contributed by atoms with Crippen molar-refractivity contribution in [2.75, 3.05) is 17.2 Å². The highest BCUT2D eigenvalue weighted by atomic mass is 19.1. The lowest BCUT2D eigenvalue weighted by molar-refractivity contribution is 0.102. The molecule has 0 aliphatic rings. The third-order valence-corrected chi connectivity index (χ3v) is 3.99. The van der Waals surface area contributed by atoms with Crippen molar-refractivity contribution in [3.8, 4) is 0 Å². The summed E-state index contributed by atoms with van der Waals surface area (Å²) in [6, 6.07) is 4.46. The number of hydrogen-bond acceptors (Lipinski definition) is 8. The van der Waals surface area contributed by atoms with Gasteiger partial charge in [0.15, 0.2) is 5.82 Å². The van der Waals surface area contributed by atoms with E-state index in [1.807, 2.05) is 6.92 Å². The van der Waals surface area contributed by atoms with Gasteiger partial charge in [-0.3, -0.25) is 14.8 Å². The van der Waals surface area contributed by atoms with Gasteiger partial charge in [0.25, 0.3) is 5.91 Å². The van der Waals surface area contributed by atoms with Crippen LogP contribution >= 0.6 is 0 Å². The highest BCUT2D eigenvalue weighted by Crippen LogP contribution is 2.24. The summed E-state index contributed by atoms with van der Waals surface area (Å²) in [5, 5.41) is 16.4. The van der Waals surface area contributed by atoms with E-state index >= 15 is 0 Å². The van der Waals surface area contributed by atoms with Crippen LogP contribution in [0.25, 0.3) is 16.7 Å². The fourth-order valence-corrected chi connectivity index (χ4v) is 2.73. The first kappa shape index (κ1) is 17.7. The Morgan fingerprint density at radius 1 is 1.29 bits per heavy atom. The zero-order chi connectivity index (χ0) is 19.7. The van der Waals surface area contributed by atoms with Crippen molar-refractivity contribution < 1.29 is 9.18 Å². The van der Waals surface area contributed by atoms with Crippen LogP contribution in [0.1, 0.15) is 17.3 Å². The Labute approximate surface area is 158 Å². The van der Waals surface area contributed by atoms with E-state index in [-0.39, 0.29) is 17.4 Å². The molecule has 28 heavy (non-hydrogen) atoms. The molecule has 1 atom stereocenters. The molecule has 0 unspecified atom stereocenters. The Bertz CT molecular complexity index is 1170. The summed E-state index contributed by atoms with van der Waals surface area (Å²) in [7, 11) is 0. The van der Waals surface area contributed by atoms with Gasteiger partial charge in [-0.15, -0.1) is 5.10 Å². The fraction of sp³-hybridized carbons (Fsp3) is 0.176. The van der Waals surface area contributed by atoms with Gasteiger partial charge in [0.05, 0.1) is 23.1 Å². The lowest BCUT2D eigenvalue weighted by Crippen LogP contribution is -2.25. The highest BCUT2D eigenvalue weighted by molar-refractivity contribution is 6.13. The van der Waals surface area contributed by atoms with Crippen molar-refractivity contribution in [3.63, 3.8) is 0 Å². The second-order valence-electron chi connectivity index (χ2n) is 6.25. The molecule has 0 saturated carbocycles. The van der Waals surface area contributed by atoms with Gasteiger partial charge in [0.1, 0.15) is 11.0 Å². The summed E-state index contributed by atoms with van der Waals surface area (Å²) in [5.74, 6) is -1.11. The summed E-state index contributed by atoms with van der Waals surface area (Å²) in [6.07, 6.45) is 4.46. The number of anilines is 2. The molecule has 3 heterocycles. The smallest absolute Gasteiger partial charge is 0.257 e. The summed E-state index contributed by atoms with van der Waals surface area (Å²) < 4.78 is 15.2. The average molecular weight is 381 g/mol. The van der Waals surface area contributed by atoms with Crippen molar-refractivity contribution in [2.24, 2.45) is 5.73 Å². The maximum absolute atomic E-state index is 14.0. The SMILES string of the molecule is C[C@H](N)CNc1ccc(C(=O)Nc2cc(F)c3nnnn3c2)c2nccnc12. The highest BCUT2D eigenvalue weighted by Gasteiger charge is 2.16. The van der Waals surface area contributed by atoms with Crippen LogP contribution < -0.4 is 16.4 Å². The number of fused-ring (bicyclic) bond motifs is 2. The number of tetrazole rings is 1. The molecule has 0 aliphatic carbocycles. The number of aromatic nitrogens is 6. The minimum atomic E-state index is -0.650. The first-order valence-corrected chi connectivity index (χ1v) is 8.44. The molecular weight excluding hydrogens is 365 g/mol. The summed E-state index contributed by atoms with van der Waals surface area (Å²) >= 11 is 0. The number of hydrogen-bond donors (Lipinski definition) is 3. The monoisotopic (exact) mass is 381 g/mol. The standard InChI is InChI=1S/C17H16FN9O/c1-9(19)7-22-13-3-2-11(14-15(13)21-5-4-20-14)17(28)23-10-6-12(18)16-24-25-26-27(16)8-10/h2-6,8-9,22H,7,19H2,1H3,(H,23,28)/t9-/m0/s1. The molecule has 4 aromatic rings. The molecule has 0 aliphatic heterocycles. The third-order valence-electron chi connectivity index (χ3n) is 3.99. The summed E-state index contributed by atoms with van der Waals surface area (Å²) in [6.45, 7) is 2.42. The van der Waals surface area contributed by atoms with Crippen LogP contribution in [-0.2, 0) is 0 Å². The van der Waals surface area contributed by atoms with E-state index < -0.39 is 11.7 Å². The number of pyridine rings is 1. The van der Waals surface area contributed by atoms with Crippen LogP contribution in [0.2, 0.25) is 0 Å². The Morgan fingerprint density at radius 2 is 2.07 bits per heavy atom. The average Bonchev–Trinajstić information content (AvgIpc) is 3.15. The normalized spacial score (nSPS) is 12.2. The van der Waals surface area contributed by atoms with Crippen LogP contribution in [0, 0.1) is 5.82 Å². The molecular formula is C17H16FN9O. The van der Waals surface area contributed by atoms with Gasteiger partial charge in [-0.2, -0.15) is 4.52 Å². The molecule has 10 nitrogen and oxygen atoms in total. The van der Waals surface area contributed by atoms with E-state index in [9.17, 15) is 9.18 Å². The maximum Gasteiger partial charge on any atom is 0.257 e. The summed E-state index contributed by atoms with van der Waals surface area (Å²) in [5.41, 5.74) is 7.93. The van der Waals surface area contributed by atoms with Crippen LogP contribution in [0.3, 0.4) is 0 Å². The molecule has 0 spiro atoms. The number of rotatable bonds is 5. The molecule has 11 heteroatoms. The number of carbonyl (C=O) groups is 1. The van der Waals surface area contributed by atoms with E-state index in [4.69, 9.17) is 5.73 Å². The second kappa shape index (κ2) is 7.12. The van der Waals surface area contributed by atoms with E-state index in [0.717, 1.165) is 16.3 Å². The van der Waals surface area contributed by atoms with Gasteiger partial charge >= 0.3 is 0 Å². The number of amides is 1. The molecule has 0 radical (unpaired) electrons. The number of benzene rings is 1. The summed E-state index contributed by atoms with van der Waals surface area (Å²) in [4.78, 5) is 21.4. The molecule has 1 aromatic carbocycles. The first-order chi connectivity index (χ1) is 13.5. The molecule has 1 amide bonds. The largest absolute Gasteiger partial charge is 0.382 e. The number of nitrogens with one attached hydrogen (secondary N) is 2. The van der Waals surface area contributed by atoms with E-state index in [2.05, 4.69) is 36.1 Å². The van der Waals surface area contributed by atoms with Crippen molar-refractivity contribution in [1.82, 2.24) is 30.0 Å². The number of nitrogens with zero attached hydrogens (tertiary/aromatic N) is 6. The van der Waals surface area contributed by atoms with Gasteiger partial charge in [-0.05, 0) is 29.5 Å². The minimum Gasteiger partial charge on any atom is -0.382 e.